The highest BCUT2D eigenvalue weighted by atomic mass is 16.5. The van der Waals surface area contributed by atoms with Gasteiger partial charge in [0.25, 0.3) is 5.91 Å². The lowest BCUT2D eigenvalue weighted by Crippen LogP contribution is -2.35. The Labute approximate surface area is 107 Å². The molecular formula is C13H19N3O2. The Morgan fingerprint density at radius 2 is 2.06 bits per heavy atom. The van der Waals surface area contributed by atoms with Crippen LogP contribution in [0.4, 0.5) is 5.69 Å². The van der Waals surface area contributed by atoms with Crippen LogP contribution in [0.3, 0.4) is 0 Å². The molecule has 5 nitrogen and oxygen atoms in total. The number of rotatable bonds is 3. The molecule has 5 heteroatoms. The van der Waals surface area contributed by atoms with E-state index in [9.17, 15) is 4.79 Å². The van der Waals surface area contributed by atoms with Gasteiger partial charge in [0, 0.05) is 13.1 Å². The first-order chi connectivity index (χ1) is 8.58. The number of nitrogen functional groups attached to an aromatic ring is 1. The van der Waals surface area contributed by atoms with E-state index in [1.54, 1.807) is 18.2 Å². The quantitative estimate of drug-likeness (QED) is 0.778. The van der Waals surface area contributed by atoms with Gasteiger partial charge >= 0.3 is 0 Å². The molecule has 2 rings (SSSR count). The second-order valence-corrected chi connectivity index (χ2v) is 4.70. The number of amides is 1. The molecule has 1 heterocycles. The van der Waals surface area contributed by atoms with E-state index in [-0.39, 0.29) is 6.10 Å². The predicted molar refractivity (Wildman–Crippen MR) is 70.5 cm³/mol. The minimum Gasteiger partial charge on any atom is -0.488 e. The number of hydrogen-bond acceptors (Lipinski definition) is 4. The first kappa shape index (κ1) is 12.7. The molecule has 1 aliphatic heterocycles. The third kappa shape index (κ3) is 2.73. The highest BCUT2D eigenvalue weighted by molar-refractivity contribution is 5.99. The van der Waals surface area contributed by atoms with E-state index in [2.05, 4.69) is 11.9 Å². The second kappa shape index (κ2) is 5.27. The van der Waals surface area contributed by atoms with E-state index in [0.29, 0.717) is 17.0 Å². The number of carbonyl (C=O) groups is 1. The average Bonchev–Trinajstić information content (AvgIpc) is 2.34. The maximum absolute atomic E-state index is 11.2. The molecule has 0 radical (unpaired) electrons. The number of piperidine rings is 1. The largest absolute Gasteiger partial charge is 0.488 e. The summed E-state index contributed by atoms with van der Waals surface area (Å²) in [5.74, 6) is 0.0298. The SMILES string of the molecule is CN1CCC(Oc2cccc(C(N)=O)c2N)CC1. The fourth-order valence-corrected chi connectivity index (χ4v) is 2.14. The fourth-order valence-electron chi connectivity index (χ4n) is 2.14. The molecule has 18 heavy (non-hydrogen) atoms. The zero-order valence-corrected chi connectivity index (χ0v) is 10.6. The zero-order chi connectivity index (χ0) is 13.1. The number of anilines is 1. The standard InChI is InChI=1S/C13H19N3O2/c1-16-7-5-9(6-8-16)18-11-4-2-3-10(12(11)14)13(15)17/h2-4,9H,5-8,14H2,1H3,(H2,15,17). The van der Waals surface area contributed by atoms with Crippen LogP contribution in [0, 0.1) is 0 Å². The smallest absolute Gasteiger partial charge is 0.250 e. The van der Waals surface area contributed by atoms with Crippen LogP contribution in [-0.4, -0.2) is 37.0 Å². The molecule has 0 bridgehead atoms. The summed E-state index contributed by atoms with van der Waals surface area (Å²) in [7, 11) is 2.10. The van der Waals surface area contributed by atoms with Gasteiger partial charge in [-0.25, -0.2) is 0 Å². The number of nitrogens with zero attached hydrogens (tertiary/aromatic N) is 1. The Bertz CT molecular complexity index is 440. The zero-order valence-electron chi connectivity index (χ0n) is 10.6. The number of hydrogen-bond donors (Lipinski definition) is 2. The van der Waals surface area contributed by atoms with E-state index in [1.807, 2.05) is 0 Å². The summed E-state index contributed by atoms with van der Waals surface area (Å²) >= 11 is 0. The molecule has 98 valence electrons. The molecule has 1 amide bonds. The average molecular weight is 249 g/mol. The second-order valence-electron chi connectivity index (χ2n) is 4.70. The van der Waals surface area contributed by atoms with Gasteiger partial charge in [-0.3, -0.25) is 4.79 Å². The van der Waals surface area contributed by atoms with Crippen LogP contribution in [0.1, 0.15) is 23.2 Å². The molecule has 1 fully saturated rings. The number of nitrogens with two attached hydrogens (primary N) is 2. The maximum Gasteiger partial charge on any atom is 0.250 e. The molecule has 1 aliphatic rings. The van der Waals surface area contributed by atoms with Crippen molar-refractivity contribution in [1.29, 1.82) is 0 Å². The number of benzene rings is 1. The van der Waals surface area contributed by atoms with Crippen molar-refractivity contribution in [2.75, 3.05) is 25.9 Å². The summed E-state index contributed by atoms with van der Waals surface area (Å²) in [6.45, 7) is 2.03. The number of carbonyl (C=O) groups excluding carboxylic acids is 1. The molecule has 0 aromatic heterocycles. The van der Waals surface area contributed by atoms with Crippen molar-refractivity contribution in [3.05, 3.63) is 23.8 Å². The van der Waals surface area contributed by atoms with Gasteiger partial charge < -0.3 is 21.1 Å². The number of ether oxygens (including phenoxy) is 1. The minimum atomic E-state index is -0.527. The van der Waals surface area contributed by atoms with Gasteiger partial charge in [-0.15, -0.1) is 0 Å². The minimum absolute atomic E-state index is 0.159. The third-order valence-corrected chi connectivity index (χ3v) is 3.29. The summed E-state index contributed by atoms with van der Waals surface area (Å²) in [5, 5.41) is 0. The van der Waals surface area contributed by atoms with Crippen LogP contribution in [0.2, 0.25) is 0 Å². The topological polar surface area (TPSA) is 81.6 Å². The lowest BCUT2D eigenvalue weighted by molar-refractivity contribution is 0.0998. The van der Waals surface area contributed by atoms with Gasteiger partial charge in [-0.05, 0) is 32.0 Å². The van der Waals surface area contributed by atoms with Crippen LogP contribution >= 0.6 is 0 Å². The van der Waals surface area contributed by atoms with E-state index in [0.717, 1.165) is 25.9 Å². The molecule has 4 N–H and O–H groups in total. The van der Waals surface area contributed by atoms with Crippen LogP contribution in [0.25, 0.3) is 0 Å². The molecule has 1 saturated heterocycles. The molecule has 0 aliphatic carbocycles. The van der Waals surface area contributed by atoms with Crippen LogP contribution < -0.4 is 16.2 Å². The number of para-hydroxylation sites is 1. The summed E-state index contributed by atoms with van der Waals surface area (Å²) in [4.78, 5) is 13.5. The Morgan fingerprint density at radius 3 is 2.67 bits per heavy atom. The summed E-state index contributed by atoms with van der Waals surface area (Å²) < 4.78 is 5.87. The van der Waals surface area contributed by atoms with Gasteiger partial charge in [-0.2, -0.15) is 0 Å². The molecule has 1 aromatic carbocycles. The van der Waals surface area contributed by atoms with Crippen molar-refractivity contribution < 1.29 is 9.53 Å². The van der Waals surface area contributed by atoms with Crippen molar-refractivity contribution in [2.45, 2.75) is 18.9 Å². The molecule has 0 unspecified atom stereocenters. The van der Waals surface area contributed by atoms with Gasteiger partial charge in [-0.1, -0.05) is 6.07 Å². The normalized spacial score (nSPS) is 17.6. The van der Waals surface area contributed by atoms with Gasteiger partial charge in [0.05, 0.1) is 11.3 Å². The molecule has 0 atom stereocenters. The van der Waals surface area contributed by atoms with Gasteiger partial charge in [0.1, 0.15) is 11.9 Å². The Kier molecular flexibility index (Phi) is 3.72. The highest BCUT2D eigenvalue weighted by Crippen LogP contribution is 2.27. The van der Waals surface area contributed by atoms with Crippen molar-refractivity contribution in [1.82, 2.24) is 4.90 Å². The van der Waals surface area contributed by atoms with Gasteiger partial charge in [0.2, 0.25) is 0 Å². The van der Waals surface area contributed by atoms with Gasteiger partial charge in [0.15, 0.2) is 0 Å². The maximum atomic E-state index is 11.2. The molecule has 0 spiro atoms. The van der Waals surface area contributed by atoms with Crippen LogP contribution in [0.5, 0.6) is 5.75 Å². The Morgan fingerprint density at radius 1 is 1.39 bits per heavy atom. The summed E-state index contributed by atoms with van der Waals surface area (Å²) in [5.41, 5.74) is 11.8. The van der Waals surface area contributed by atoms with Crippen molar-refractivity contribution >= 4 is 11.6 Å². The summed E-state index contributed by atoms with van der Waals surface area (Å²) in [6.07, 6.45) is 2.10. The number of primary amides is 1. The van der Waals surface area contributed by atoms with Crippen molar-refractivity contribution in [3.8, 4) is 5.75 Å². The molecular weight excluding hydrogens is 230 g/mol. The predicted octanol–water partition coefficient (Wildman–Crippen LogP) is 0.841. The number of likely N-dealkylation sites (tertiary alicyclic amines) is 1. The molecule has 0 saturated carbocycles. The van der Waals surface area contributed by atoms with Crippen LogP contribution in [0.15, 0.2) is 18.2 Å². The molecule has 1 aromatic rings. The first-order valence-corrected chi connectivity index (χ1v) is 6.11. The monoisotopic (exact) mass is 249 g/mol. The Hall–Kier alpha value is -1.75. The summed E-state index contributed by atoms with van der Waals surface area (Å²) in [6, 6.07) is 5.13. The van der Waals surface area contributed by atoms with Crippen LogP contribution in [-0.2, 0) is 0 Å². The van der Waals surface area contributed by atoms with E-state index in [1.165, 1.54) is 0 Å². The Balaban J connectivity index is 2.10. The lowest BCUT2D eigenvalue weighted by Gasteiger charge is -2.29. The van der Waals surface area contributed by atoms with E-state index >= 15 is 0 Å². The third-order valence-electron chi connectivity index (χ3n) is 3.29. The highest BCUT2D eigenvalue weighted by Gasteiger charge is 2.20. The van der Waals surface area contributed by atoms with Crippen molar-refractivity contribution in [2.24, 2.45) is 5.73 Å². The van der Waals surface area contributed by atoms with Crippen molar-refractivity contribution in [3.63, 3.8) is 0 Å². The fraction of sp³-hybridized carbons (Fsp3) is 0.462. The van der Waals surface area contributed by atoms with E-state index < -0.39 is 5.91 Å². The first-order valence-electron chi connectivity index (χ1n) is 6.11. The lowest BCUT2D eigenvalue weighted by atomic mass is 10.1. The van der Waals surface area contributed by atoms with E-state index in [4.69, 9.17) is 16.2 Å².